The third-order valence-corrected chi connectivity index (χ3v) is 5.06. The van der Waals surface area contributed by atoms with Crippen molar-refractivity contribution in [3.8, 4) is 0 Å². The molecule has 3 rings (SSSR count). The average molecular weight is 393 g/mol. The molecule has 28 heavy (non-hydrogen) atoms. The van der Waals surface area contributed by atoms with Gasteiger partial charge in [0.25, 0.3) is 5.91 Å². The quantitative estimate of drug-likeness (QED) is 0.730. The van der Waals surface area contributed by atoms with Crippen molar-refractivity contribution < 1.29 is 23.1 Å². The van der Waals surface area contributed by atoms with Gasteiger partial charge >= 0.3 is 0 Å². The summed E-state index contributed by atoms with van der Waals surface area (Å²) < 4.78 is 42.4. The molecule has 0 aliphatic carbocycles. The Morgan fingerprint density at radius 3 is 2.54 bits per heavy atom. The van der Waals surface area contributed by atoms with Gasteiger partial charge in [0.1, 0.15) is 11.4 Å². The Morgan fingerprint density at radius 1 is 1.25 bits per heavy atom. The lowest BCUT2D eigenvalue weighted by Crippen LogP contribution is -2.70. The number of hydrogen-bond acceptors (Lipinski definition) is 4. The molecule has 150 valence electrons. The molecule has 0 bridgehead atoms. The van der Waals surface area contributed by atoms with Gasteiger partial charge in [-0.3, -0.25) is 4.79 Å². The molecule has 1 heterocycles. The van der Waals surface area contributed by atoms with Crippen LogP contribution in [0.15, 0.2) is 30.3 Å². The maximum Gasteiger partial charge on any atom is 0.256 e. The highest BCUT2D eigenvalue weighted by atomic mass is 19.2. The minimum absolute atomic E-state index is 0.0157. The topological polar surface area (TPSA) is 78.6 Å². The van der Waals surface area contributed by atoms with Crippen LogP contribution < -0.4 is 11.1 Å². The monoisotopic (exact) mass is 393 g/mol. The van der Waals surface area contributed by atoms with Crippen molar-refractivity contribution in [3.63, 3.8) is 0 Å². The van der Waals surface area contributed by atoms with Gasteiger partial charge in [0, 0.05) is 6.04 Å². The first kappa shape index (κ1) is 20.2. The van der Waals surface area contributed by atoms with Gasteiger partial charge in [0.15, 0.2) is 11.6 Å². The van der Waals surface area contributed by atoms with E-state index >= 15 is 0 Å². The van der Waals surface area contributed by atoms with Gasteiger partial charge in [-0.05, 0) is 43.2 Å². The first-order valence-corrected chi connectivity index (χ1v) is 8.94. The Morgan fingerprint density at radius 2 is 1.93 bits per heavy atom. The molecule has 1 fully saturated rings. The van der Waals surface area contributed by atoms with E-state index in [2.05, 4.69) is 5.32 Å². The summed E-state index contributed by atoms with van der Waals surface area (Å²) in [5, 5.41) is 12.9. The highest BCUT2D eigenvalue weighted by molar-refractivity contribution is 6.01. The number of aliphatic hydroxyl groups is 1. The second-order valence-corrected chi connectivity index (χ2v) is 7.17. The van der Waals surface area contributed by atoms with Crippen molar-refractivity contribution in [3.05, 3.63) is 58.9 Å². The number of nitrogens with zero attached hydrogens (tertiary/aromatic N) is 1. The molecule has 0 unspecified atom stereocenters. The van der Waals surface area contributed by atoms with Gasteiger partial charge in [-0.1, -0.05) is 13.0 Å². The Kier molecular flexibility index (Phi) is 5.36. The van der Waals surface area contributed by atoms with Crippen LogP contribution >= 0.6 is 0 Å². The Labute approximate surface area is 161 Å². The van der Waals surface area contributed by atoms with Gasteiger partial charge < -0.3 is 21.1 Å². The fraction of sp³-hybridized carbons (Fsp3) is 0.350. The SMILES string of the molecule is CC[C@@H](N)C1(O)CN(C(=O)c2ccc(F)c(F)c2Nc2ccc(C)cc2F)C1. The molecule has 0 spiro atoms. The van der Waals surface area contributed by atoms with Crippen molar-refractivity contribution in [1.29, 1.82) is 0 Å². The zero-order valence-electron chi connectivity index (χ0n) is 15.6. The molecule has 1 aliphatic rings. The van der Waals surface area contributed by atoms with Gasteiger partial charge in [-0.2, -0.15) is 0 Å². The molecule has 0 radical (unpaired) electrons. The minimum Gasteiger partial charge on any atom is -0.385 e. The van der Waals surface area contributed by atoms with Crippen LogP contribution in [0.5, 0.6) is 0 Å². The predicted molar refractivity (Wildman–Crippen MR) is 99.9 cm³/mol. The fourth-order valence-corrected chi connectivity index (χ4v) is 3.25. The number of nitrogens with one attached hydrogen (secondary N) is 1. The van der Waals surface area contributed by atoms with E-state index in [-0.39, 0.29) is 24.3 Å². The van der Waals surface area contributed by atoms with Crippen LogP contribution in [0.2, 0.25) is 0 Å². The second kappa shape index (κ2) is 7.44. The number of amides is 1. The first-order chi connectivity index (χ1) is 13.2. The third kappa shape index (κ3) is 3.57. The number of benzene rings is 2. The summed E-state index contributed by atoms with van der Waals surface area (Å²) in [6.45, 7) is 3.48. The molecular weight excluding hydrogens is 371 g/mol. The van der Waals surface area contributed by atoms with E-state index in [1.54, 1.807) is 13.0 Å². The van der Waals surface area contributed by atoms with E-state index in [9.17, 15) is 23.1 Å². The highest BCUT2D eigenvalue weighted by Gasteiger charge is 2.47. The molecule has 1 amide bonds. The number of carbonyl (C=O) groups excluding carboxylic acids is 1. The number of halogens is 3. The minimum atomic E-state index is -1.29. The third-order valence-electron chi connectivity index (χ3n) is 5.06. The van der Waals surface area contributed by atoms with Crippen LogP contribution in [-0.2, 0) is 0 Å². The molecule has 4 N–H and O–H groups in total. The van der Waals surface area contributed by atoms with Crippen LogP contribution in [-0.4, -0.2) is 40.6 Å². The average Bonchev–Trinajstić information content (AvgIpc) is 2.63. The molecule has 1 saturated heterocycles. The van der Waals surface area contributed by atoms with E-state index in [4.69, 9.17) is 5.73 Å². The van der Waals surface area contributed by atoms with Crippen molar-refractivity contribution in [2.45, 2.75) is 31.9 Å². The molecule has 5 nitrogen and oxygen atoms in total. The number of carbonyl (C=O) groups is 1. The van der Waals surface area contributed by atoms with Gasteiger partial charge in [-0.15, -0.1) is 0 Å². The molecule has 1 aliphatic heterocycles. The molecule has 2 aromatic rings. The van der Waals surface area contributed by atoms with Crippen LogP contribution in [0.1, 0.15) is 29.3 Å². The lowest BCUT2D eigenvalue weighted by molar-refractivity contribution is -0.0971. The van der Waals surface area contributed by atoms with Crippen LogP contribution in [0, 0.1) is 24.4 Å². The molecule has 0 saturated carbocycles. The van der Waals surface area contributed by atoms with E-state index in [1.165, 1.54) is 17.0 Å². The van der Waals surface area contributed by atoms with Crippen LogP contribution in [0.25, 0.3) is 0 Å². The Bertz CT molecular complexity index is 914. The summed E-state index contributed by atoms with van der Waals surface area (Å²) in [7, 11) is 0. The number of nitrogens with two attached hydrogens (primary N) is 1. The summed E-state index contributed by atoms with van der Waals surface area (Å²) >= 11 is 0. The largest absolute Gasteiger partial charge is 0.385 e. The number of hydrogen-bond donors (Lipinski definition) is 3. The number of anilines is 2. The van der Waals surface area contributed by atoms with E-state index in [0.29, 0.717) is 12.0 Å². The molecule has 2 aromatic carbocycles. The standard InChI is InChI=1S/C20H22F3N3O2/c1-3-16(24)20(28)9-26(10-20)19(27)12-5-6-13(21)17(23)18(12)25-15-7-4-11(2)8-14(15)22/h4-8,16,25,28H,3,9-10,24H2,1-2H3/t16-/m1/s1. The molecule has 1 atom stereocenters. The van der Waals surface area contributed by atoms with Crippen LogP contribution in [0.4, 0.5) is 24.5 Å². The summed E-state index contributed by atoms with van der Waals surface area (Å²) in [5.41, 5.74) is 4.61. The zero-order valence-corrected chi connectivity index (χ0v) is 15.6. The van der Waals surface area contributed by atoms with Crippen molar-refractivity contribution in [2.24, 2.45) is 5.73 Å². The summed E-state index contributed by atoms with van der Waals surface area (Å²) in [5.74, 6) is -3.72. The fourth-order valence-electron chi connectivity index (χ4n) is 3.25. The first-order valence-electron chi connectivity index (χ1n) is 8.94. The van der Waals surface area contributed by atoms with Crippen molar-refractivity contribution >= 4 is 17.3 Å². The highest BCUT2D eigenvalue weighted by Crippen LogP contribution is 2.32. The van der Waals surface area contributed by atoms with E-state index in [1.807, 2.05) is 6.92 Å². The second-order valence-electron chi connectivity index (χ2n) is 7.17. The van der Waals surface area contributed by atoms with Gasteiger partial charge in [0.05, 0.1) is 30.0 Å². The number of likely N-dealkylation sites (tertiary alicyclic amines) is 1. The Balaban J connectivity index is 1.90. The number of β-amino-alcohol motifs (C(OH)–C–C–N with tert-alkyl or cyclic N) is 1. The Hall–Kier alpha value is -2.58. The summed E-state index contributed by atoms with van der Waals surface area (Å²) in [6, 6.07) is 5.69. The summed E-state index contributed by atoms with van der Waals surface area (Å²) in [6.07, 6.45) is 0.531. The maximum absolute atomic E-state index is 14.4. The number of rotatable bonds is 5. The molecule has 0 aromatic heterocycles. The van der Waals surface area contributed by atoms with E-state index < -0.39 is 40.7 Å². The predicted octanol–water partition coefficient (Wildman–Crippen LogP) is 3.08. The molecular formula is C20H22F3N3O2. The zero-order chi connectivity index (χ0) is 20.6. The lowest BCUT2D eigenvalue weighted by Gasteiger charge is -2.49. The van der Waals surface area contributed by atoms with Gasteiger partial charge in [0.2, 0.25) is 0 Å². The van der Waals surface area contributed by atoms with Crippen LogP contribution in [0.3, 0.4) is 0 Å². The maximum atomic E-state index is 14.4. The van der Waals surface area contributed by atoms with Crippen molar-refractivity contribution in [1.82, 2.24) is 4.90 Å². The number of aryl methyl sites for hydroxylation is 1. The summed E-state index contributed by atoms with van der Waals surface area (Å²) in [4.78, 5) is 14.1. The lowest BCUT2D eigenvalue weighted by atomic mass is 9.84. The smallest absolute Gasteiger partial charge is 0.256 e. The normalized spacial score (nSPS) is 16.5. The van der Waals surface area contributed by atoms with Crippen molar-refractivity contribution in [2.75, 3.05) is 18.4 Å². The van der Waals surface area contributed by atoms with E-state index in [0.717, 1.165) is 12.1 Å². The molecule has 8 heteroatoms. The van der Waals surface area contributed by atoms with Gasteiger partial charge in [-0.25, -0.2) is 13.2 Å².